The summed E-state index contributed by atoms with van der Waals surface area (Å²) in [7, 11) is 0. The van der Waals surface area contributed by atoms with E-state index in [-0.39, 0.29) is 11.4 Å². The molecule has 0 spiro atoms. The molecule has 0 bridgehead atoms. The van der Waals surface area contributed by atoms with Gasteiger partial charge in [0, 0.05) is 5.56 Å². The molecule has 0 aliphatic rings. The van der Waals surface area contributed by atoms with Crippen molar-refractivity contribution in [3.63, 3.8) is 0 Å². The summed E-state index contributed by atoms with van der Waals surface area (Å²) in [5.41, 5.74) is 1.54. The summed E-state index contributed by atoms with van der Waals surface area (Å²) in [5.74, 6) is -1.42. The third kappa shape index (κ3) is 2.30. The first kappa shape index (κ1) is 12.0. The first-order valence-corrected chi connectivity index (χ1v) is 5.37. The number of hydrogen-bond acceptors (Lipinski definition) is 1. The second-order valence-corrected chi connectivity index (χ2v) is 3.84. The smallest absolute Gasteiger partial charge is 0.335 e. The number of aliphatic carboxylic acids is 1. The maximum absolute atomic E-state index is 13.6. The first-order chi connectivity index (χ1) is 8.59. The highest BCUT2D eigenvalue weighted by molar-refractivity contribution is 6.14. The van der Waals surface area contributed by atoms with Gasteiger partial charge in [0.25, 0.3) is 0 Å². The molecule has 0 unspecified atom stereocenters. The second-order valence-electron chi connectivity index (χ2n) is 3.84. The number of carbonyl (C=O) groups is 1. The lowest BCUT2D eigenvalue weighted by Crippen LogP contribution is -1.98. The molecule has 0 radical (unpaired) electrons. The zero-order valence-electron chi connectivity index (χ0n) is 9.56. The van der Waals surface area contributed by atoms with Crippen molar-refractivity contribution >= 4 is 11.5 Å². The minimum atomic E-state index is -1.08. The summed E-state index contributed by atoms with van der Waals surface area (Å²) in [5, 5.41) is 8.88. The molecular formula is C15H11FO2. The standard InChI is InChI=1S/C15H11FO2/c1-10(15(17)18)11-5-4-6-12(9-11)13-7-2-3-8-14(13)16/h2-9H,1H2,(H,17,18). The van der Waals surface area contributed by atoms with Crippen molar-refractivity contribution in [3.8, 4) is 11.1 Å². The lowest BCUT2D eigenvalue weighted by molar-refractivity contribution is -0.130. The molecule has 0 aliphatic carbocycles. The fourth-order valence-corrected chi connectivity index (χ4v) is 1.69. The minimum Gasteiger partial charge on any atom is -0.478 e. The quantitative estimate of drug-likeness (QED) is 0.835. The van der Waals surface area contributed by atoms with Crippen LogP contribution in [0, 0.1) is 5.82 Å². The van der Waals surface area contributed by atoms with E-state index in [1.165, 1.54) is 6.07 Å². The van der Waals surface area contributed by atoms with E-state index in [9.17, 15) is 9.18 Å². The fourth-order valence-electron chi connectivity index (χ4n) is 1.69. The van der Waals surface area contributed by atoms with E-state index in [1.807, 2.05) is 0 Å². The molecule has 2 aromatic carbocycles. The van der Waals surface area contributed by atoms with Gasteiger partial charge in [0.2, 0.25) is 0 Å². The molecule has 0 aliphatic heterocycles. The van der Waals surface area contributed by atoms with Crippen molar-refractivity contribution in [1.82, 2.24) is 0 Å². The zero-order chi connectivity index (χ0) is 13.1. The molecule has 2 aromatic rings. The van der Waals surface area contributed by atoms with Gasteiger partial charge in [-0.25, -0.2) is 9.18 Å². The van der Waals surface area contributed by atoms with Gasteiger partial charge in [-0.2, -0.15) is 0 Å². The monoisotopic (exact) mass is 242 g/mol. The lowest BCUT2D eigenvalue weighted by atomic mass is 9.99. The molecule has 1 N–H and O–H groups in total. The first-order valence-electron chi connectivity index (χ1n) is 5.37. The molecule has 0 heterocycles. The molecule has 0 saturated carbocycles. The molecule has 0 saturated heterocycles. The topological polar surface area (TPSA) is 37.3 Å². The summed E-state index contributed by atoms with van der Waals surface area (Å²) >= 11 is 0. The van der Waals surface area contributed by atoms with Gasteiger partial charge in [0.1, 0.15) is 5.82 Å². The second kappa shape index (κ2) is 4.84. The van der Waals surface area contributed by atoms with Crippen LogP contribution in [-0.2, 0) is 4.79 Å². The Hall–Kier alpha value is -2.42. The zero-order valence-corrected chi connectivity index (χ0v) is 9.56. The number of halogens is 1. The lowest BCUT2D eigenvalue weighted by Gasteiger charge is -2.06. The normalized spacial score (nSPS) is 10.1. The van der Waals surface area contributed by atoms with Crippen LogP contribution >= 0.6 is 0 Å². The Balaban J connectivity index is 2.48. The van der Waals surface area contributed by atoms with Crippen LogP contribution in [0.25, 0.3) is 16.7 Å². The Morgan fingerprint density at radius 2 is 1.83 bits per heavy atom. The van der Waals surface area contributed by atoms with Crippen LogP contribution in [0.4, 0.5) is 4.39 Å². The fraction of sp³-hybridized carbons (Fsp3) is 0. The van der Waals surface area contributed by atoms with E-state index in [2.05, 4.69) is 6.58 Å². The van der Waals surface area contributed by atoms with Crippen LogP contribution in [0.2, 0.25) is 0 Å². The van der Waals surface area contributed by atoms with Crippen LogP contribution in [0.1, 0.15) is 5.56 Å². The van der Waals surface area contributed by atoms with E-state index in [4.69, 9.17) is 5.11 Å². The number of carboxylic acid groups (broad SMARTS) is 1. The van der Waals surface area contributed by atoms with Crippen LogP contribution < -0.4 is 0 Å². The highest BCUT2D eigenvalue weighted by atomic mass is 19.1. The van der Waals surface area contributed by atoms with Gasteiger partial charge in [0.15, 0.2) is 0 Å². The average molecular weight is 242 g/mol. The number of rotatable bonds is 3. The average Bonchev–Trinajstić information content (AvgIpc) is 2.38. The predicted molar refractivity (Wildman–Crippen MR) is 68.5 cm³/mol. The maximum atomic E-state index is 13.6. The van der Waals surface area contributed by atoms with E-state index >= 15 is 0 Å². The molecule has 0 atom stereocenters. The molecule has 18 heavy (non-hydrogen) atoms. The molecule has 2 rings (SSSR count). The van der Waals surface area contributed by atoms with Crippen LogP contribution in [-0.4, -0.2) is 11.1 Å². The Morgan fingerprint density at radius 1 is 1.11 bits per heavy atom. The number of benzene rings is 2. The van der Waals surface area contributed by atoms with E-state index in [0.717, 1.165) is 0 Å². The largest absolute Gasteiger partial charge is 0.478 e. The summed E-state index contributed by atoms with van der Waals surface area (Å²) in [6.45, 7) is 3.49. The van der Waals surface area contributed by atoms with Crippen LogP contribution in [0.15, 0.2) is 55.1 Å². The number of carboxylic acids is 1. The van der Waals surface area contributed by atoms with Gasteiger partial charge in [-0.05, 0) is 23.3 Å². The molecule has 2 nitrogen and oxygen atoms in total. The van der Waals surface area contributed by atoms with Gasteiger partial charge in [0.05, 0.1) is 5.57 Å². The summed E-state index contributed by atoms with van der Waals surface area (Å²) < 4.78 is 13.6. The van der Waals surface area contributed by atoms with Crippen molar-refractivity contribution in [2.24, 2.45) is 0 Å². The third-order valence-electron chi connectivity index (χ3n) is 2.65. The van der Waals surface area contributed by atoms with Crippen molar-refractivity contribution in [3.05, 3.63) is 66.5 Å². The Morgan fingerprint density at radius 3 is 2.50 bits per heavy atom. The minimum absolute atomic E-state index is 0.00631. The van der Waals surface area contributed by atoms with Gasteiger partial charge in [-0.3, -0.25) is 0 Å². The molecule has 3 heteroatoms. The van der Waals surface area contributed by atoms with Gasteiger partial charge >= 0.3 is 5.97 Å². The predicted octanol–water partition coefficient (Wildman–Crippen LogP) is 3.59. The third-order valence-corrected chi connectivity index (χ3v) is 2.65. The van der Waals surface area contributed by atoms with Gasteiger partial charge in [-0.15, -0.1) is 0 Å². The van der Waals surface area contributed by atoms with Crippen molar-refractivity contribution in [1.29, 1.82) is 0 Å². The highest BCUT2D eigenvalue weighted by Crippen LogP contribution is 2.25. The SMILES string of the molecule is C=C(C(=O)O)c1cccc(-c2ccccc2F)c1. The van der Waals surface area contributed by atoms with Crippen LogP contribution in [0.3, 0.4) is 0 Å². The molecular weight excluding hydrogens is 231 g/mol. The molecule has 0 fully saturated rings. The van der Waals surface area contributed by atoms with Crippen LogP contribution in [0.5, 0.6) is 0 Å². The molecule has 90 valence electrons. The van der Waals surface area contributed by atoms with Crippen molar-refractivity contribution < 1.29 is 14.3 Å². The summed E-state index contributed by atoms with van der Waals surface area (Å²) in [6, 6.07) is 13.0. The Kier molecular flexibility index (Phi) is 3.24. The Bertz CT molecular complexity index is 617. The van der Waals surface area contributed by atoms with Gasteiger partial charge < -0.3 is 5.11 Å². The van der Waals surface area contributed by atoms with Crippen molar-refractivity contribution in [2.45, 2.75) is 0 Å². The van der Waals surface area contributed by atoms with E-state index in [1.54, 1.807) is 42.5 Å². The maximum Gasteiger partial charge on any atom is 0.335 e. The molecule has 0 aromatic heterocycles. The van der Waals surface area contributed by atoms with Gasteiger partial charge in [-0.1, -0.05) is 43.0 Å². The summed E-state index contributed by atoms with van der Waals surface area (Å²) in [6.07, 6.45) is 0. The van der Waals surface area contributed by atoms with E-state index < -0.39 is 5.97 Å². The molecule has 0 amide bonds. The highest BCUT2D eigenvalue weighted by Gasteiger charge is 2.09. The van der Waals surface area contributed by atoms with E-state index in [0.29, 0.717) is 16.7 Å². The van der Waals surface area contributed by atoms with Crippen molar-refractivity contribution in [2.75, 3.05) is 0 Å². The summed E-state index contributed by atoms with van der Waals surface area (Å²) in [4.78, 5) is 10.8. The Labute approximate surface area is 104 Å². The number of hydrogen-bond donors (Lipinski definition) is 1.